The van der Waals surface area contributed by atoms with Gasteiger partial charge in [0.05, 0.1) is 6.04 Å². The lowest BCUT2D eigenvalue weighted by atomic mass is 10.2. The maximum absolute atomic E-state index is 11.7. The average molecular weight is 201 g/mol. The summed E-state index contributed by atoms with van der Waals surface area (Å²) in [6, 6.07) is 8.82. The second kappa shape index (κ2) is 4.09. The largest absolute Gasteiger partial charge is 0.345 e. The average Bonchev–Trinajstić information content (AvgIpc) is 2.65. The summed E-state index contributed by atoms with van der Waals surface area (Å²) < 4.78 is 0. The summed E-state index contributed by atoms with van der Waals surface area (Å²) in [6.07, 6.45) is 3.61. The first-order valence-corrected chi connectivity index (χ1v) is 4.82. The number of amides is 1. The zero-order chi connectivity index (χ0) is 10.7. The van der Waals surface area contributed by atoms with Crippen LogP contribution in [0.4, 0.5) is 0 Å². The van der Waals surface area contributed by atoms with Gasteiger partial charge in [-0.3, -0.25) is 9.59 Å². The van der Waals surface area contributed by atoms with Gasteiger partial charge in [-0.1, -0.05) is 24.3 Å². The Morgan fingerprint density at radius 3 is 2.60 bits per heavy atom. The van der Waals surface area contributed by atoms with Crippen LogP contribution in [-0.2, 0) is 4.79 Å². The van der Waals surface area contributed by atoms with E-state index in [4.69, 9.17) is 0 Å². The van der Waals surface area contributed by atoms with Crippen molar-refractivity contribution in [1.82, 2.24) is 5.32 Å². The molecule has 3 nitrogen and oxygen atoms in total. The Morgan fingerprint density at radius 1 is 1.27 bits per heavy atom. The van der Waals surface area contributed by atoms with Crippen LogP contribution in [0.15, 0.2) is 42.5 Å². The summed E-state index contributed by atoms with van der Waals surface area (Å²) in [4.78, 5) is 22.6. The normalized spacial score (nSPS) is 19.2. The Hall–Kier alpha value is -1.90. The zero-order valence-corrected chi connectivity index (χ0v) is 8.14. The van der Waals surface area contributed by atoms with Gasteiger partial charge in [-0.05, 0) is 18.2 Å². The second-order valence-electron chi connectivity index (χ2n) is 3.48. The maximum Gasteiger partial charge on any atom is 0.251 e. The maximum atomic E-state index is 11.7. The van der Waals surface area contributed by atoms with E-state index in [2.05, 4.69) is 5.32 Å². The minimum Gasteiger partial charge on any atom is -0.345 e. The van der Waals surface area contributed by atoms with E-state index in [1.54, 1.807) is 18.2 Å². The van der Waals surface area contributed by atoms with Crippen LogP contribution in [0.2, 0.25) is 0 Å². The van der Waals surface area contributed by atoms with E-state index < -0.39 is 0 Å². The molecule has 2 rings (SSSR count). The van der Waals surface area contributed by atoms with E-state index in [-0.39, 0.29) is 17.7 Å². The first-order chi connectivity index (χ1) is 7.25. The number of hydrogen-bond acceptors (Lipinski definition) is 2. The standard InChI is InChI=1S/C12H11NO2/c14-11-7-6-10(8-11)13-12(15)9-4-2-1-3-5-9/h1-7,10H,8H2,(H,13,15)/t10-/m0/s1. The summed E-state index contributed by atoms with van der Waals surface area (Å²) >= 11 is 0. The Bertz CT molecular complexity index is 409. The van der Waals surface area contributed by atoms with E-state index >= 15 is 0 Å². The number of ketones is 1. The summed E-state index contributed by atoms with van der Waals surface area (Å²) in [5, 5.41) is 2.78. The Balaban J connectivity index is 1.99. The van der Waals surface area contributed by atoms with Gasteiger partial charge in [0.25, 0.3) is 5.91 Å². The SMILES string of the molecule is O=C1C=C[C@H](NC(=O)c2ccccc2)C1. The van der Waals surface area contributed by atoms with Gasteiger partial charge in [0.2, 0.25) is 0 Å². The molecule has 0 aliphatic heterocycles. The van der Waals surface area contributed by atoms with Gasteiger partial charge in [-0.15, -0.1) is 0 Å². The third kappa shape index (κ3) is 2.31. The van der Waals surface area contributed by atoms with Crippen LogP contribution in [0.3, 0.4) is 0 Å². The summed E-state index contributed by atoms with van der Waals surface area (Å²) in [7, 11) is 0. The molecule has 15 heavy (non-hydrogen) atoms. The lowest BCUT2D eigenvalue weighted by Crippen LogP contribution is -2.32. The van der Waals surface area contributed by atoms with E-state index in [1.165, 1.54) is 6.08 Å². The number of hydrogen-bond donors (Lipinski definition) is 1. The number of carbonyl (C=O) groups excluding carboxylic acids is 2. The summed E-state index contributed by atoms with van der Waals surface area (Å²) in [6.45, 7) is 0. The zero-order valence-electron chi connectivity index (χ0n) is 8.14. The molecule has 0 radical (unpaired) electrons. The number of rotatable bonds is 2. The molecule has 0 bridgehead atoms. The fourth-order valence-electron chi connectivity index (χ4n) is 1.52. The first kappa shape index (κ1) is 9.65. The van der Waals surface area contributed by atoms with Crippen LogP contribution < -0.4 is 5.32 Å². The van der Waals surface area contributed by atoms with Gasteiger partial charge < -0.3 is 5.32 Å². The fourth-order valence-corrected chi connectivity index (χ4v) is 1.52. The van der Waals surface area contributed by atoms with Crippen molar-refractivity contribution in [3.8, 4) is 0 Å². The van der Waals surface area contributed by atoms with Crippen molar-refractivity contribution in [1.29, 1.82) is 0 Å². The molecule has 1 aliphatic rings. The lowest BCUT2D eigenvalue weighted by Gasteiger charge is -2.09. The lowest BCUT2D eigenvalue weighted by molar-refractivity contribution is -0.114. The monoisotopic (exact) mass is 201 g/mol. The third-order valence-corrected chi connectivity index (χ3v) is 2.29. The molecule has 0 saturated carbocycles. The number of nitrogens with one attached hydrogen (secondary N) is 1. The molecule has 1 aromatic rings. The van der Waals surface area contributed by atoms with Gasteiger partial charge >= 0.3 is 0 Å². The molecule has 3 heteroatoms. The van der Waals surface area contributed by atoms with Crippen LogP contribution in [-0.4, -0.2) is 17.7 Å². The Labute approximate surface area is 87.8 Å². The molecule has 0 saturated heterocycles. The van der Waals surface area contributed by atoms with Gasteiger partial charge in [0.15, 0.2) is 5.78 Å². The van der Waals surface area contributed by atoms with Crippen molar-refractivity contribution in [2.75, 3.05) is 0 Å². The van der Waals surface area contributed by atoms with Crippen LogP contribution in [0.25, 0.3) is 0 Å². The number of benzene rings is 1. The van der Waals surface area contributed by atoms with Crippen LogP contribution >= 0.6 is 0 Å². The molecule has 0 heterocycles. The fraction of sp³-hybridized carbons (Fsp3) is 0.167. The van der Waals surface area contributed by atoms with Crippen LogP contribution in [0.1, 0.15) is 16.8 Å². The Kier molecular flexibility index (Phi) is 2.63. The van der Waals surface area contributed by atoms with Crippen molar-refractivity contribution >= 4 is 11.7 Å². The quantitative estimate of drug-likeness (QED) is 0.784. The molecule has 0 aromatic heterocycles. The third-order valence-electron chi connectivity index (χ3n) is 2.29. The molecule has 1 atom stereocenters. The first-order valence-electron chi connectivity index (χ1n) is 4.82. The van der Waals surface area contributed by atoms with E-state index in [0.717, 1.165) is 0 Å². The van der Waals surface area contributed by atoms with Gasteiger partial charge in [-0.2, -0.15) is 0 Å². The van der Waals surface area contributed by atoms with Crippen molar-refractivity contribution in [3.05, 3.63) is 48.0 Å². The number of carbonyl (C=O) groups is 2. The van der Waals surface area contributed by atoms with E-state index in [1.807, 2.05) is 18.2 Å². The predicted octanol–water partition coefficient (Wildman–Crippen LogP) is 1.31. The number of allylic oxidation sites excluding steroid dienone is 1. The highest BCUT2D eigenvalue weighted by molar-refractivity contribution is 5.97. The van der Waals surface area contributed by atoms with Crippen molar-refractivity contribution in [2.24, 2.45) is 0 Å². The predicted molar refractivity (Wildman–Crippen MR) is 56.5 cm³/mol. The molecule has 76 valence electrons. The van der Waals surface area contributed by atoms with Crippen molar-refractivity contribution < 1.29 is 9.59 Å². The molecule has 0 fully saturated rings. The topological polar surface area (TPSA) is 46.2 Å². The van der Waals surface area contributed by atoms with E-state index in [9.17, 15) is 9.59 Å². The Morgan fingerprint density at radius 2 is 2.00 bits per heavy atom. The van der Waals surface area contributed by atoms with Gasteiger partial charge in [0.1, 0.15) is 0 Å². The molecule has 0 spiro atoms. The van der Waals surface area contributed by atoms with Crippen molar-refractivity contribution in [2.45, 2.75) is 12.5 Å². The molecule has 1 amide bonds. The van der Waals surface area contributed by atoms with Crippen LogP contribution in [0.5, 0.6) is 0 Å². The highest BCUT2D eigenvalue weighted by Crippen LogP contribution is 2.07. The van der Waals surface area contributed by atoms with Crippen molar-refractivity contribution in [3.63, 3.8) is 0 Å². The minimum atomic E-state index is -0.148. The minimum absolute atomic E-state index is 0.0633. The highest BCUT2D eigenvalue weighted by Gasteiger charge is 2.18. The highest BCUT2D eigenvalue weighted by atomic mass is 16.2. The summed E-state index contributed by atoms with van der Waals surface area (Å²) in [5.74, 6) is -0.0756. The molecule has 1 aliphatic carbocycles. The molecule has 1 N–H and O–H groups in total. The molecular formula is C12H11NO2. The molecule has 1 aromatic carbocycles. The van der Waals surface area contributed by atoms with Crippen LogP contribution in [0, 0.1) is 0 Å². The van der Waals surface area contributed by atoms with Gasteiger partial charge in [-0.25, -0.2) is 0 Å². The summed E-state index contributed by atoms with van der Waals surface area (Å²) in [5.41, 5.74) is 0.616. The molecular weight excluding hydrogens is 190 g/mol. The molecule has 0 unspecified atom stereocenters. The van der Waals surface area contributed by atoms with E-state index in [0.29, 0.717) is 12.0 Å². The van der Waals surface area contributed by atoms with Gasteiger partial charge in [0, 0.05) is 12.0 Å². The second-order valence-corrected chi connectivity index (χ2v) is 3.48. The smallest absolute Gasteiger partial charge is 0.251 e.